The maximum atomic E-state index is 10.7. The van der Waals surface area contributed by atoms with Crippen molar-refractivity contribution in [3.05, 3.63) is 47.7 Å². The molecule has 1 aromatic heterocycles. The predicted octanol–water partition coefficient (Wildman–Crippen LogP) is 4.25. The van der Waals surface area contributed by atoms with Crippen molar-refractivity contribution in [2.24, 2.45) is 22.4 Å². The van der Waals surface area contributed by atoms with E-state index in [1.54, 1.807) is 25.4 Å². The van der Waals surface area contributed by atoms with Crippen LogP contribution in [0.2, 0.25) is 0 Å². The molecule has 0 spiro atoms. The van der Waals surface area contributed by atoms with Gasteiger partial charge in [0.1, 0.15) is 0 Å². The smallest absolute Gasteiger partial charge is 0.248 e. The van der Waals surface area contributed by atoms with Gasteiger partial charge in [-0.05, 0) is 79.0 Å². The minimum atomic E-state index is -0.232. The molecule has 0 amide bonds. The Kier molecular flexibility index (Phi) is 4.69. The first-order valence-corrected chi connectivity index (χ1v) is 10.8. The summed E-state index contributed by atoms with van der Waals surface area (Å²) in [5.41, 5.74) is 2.87. The van der Waals surface area contributed by atoms with E-state index in [0.29, 0.717) is 29.4 Å². The molecule has 1 heterocycles. The number of aliphatic hydroxyl groups excluding tert-OH is 1. The molecule has 5 rings (SSSR count). The van der Waals surface area contributed by atoms with Crippen LogP contribution in [0.3, 0.4) is 0 Å². The number of phenolic OH excluding ortho intramolecular Hbond substituents is 1. The number of rotatable bonds is 3. The summed E-state index contributed by atoms with van der Waals surface area (Å²) in [5, 5.41) is 25.6. The molecular formula is C24H28N2O4. The molecule has 158 valence electrons. The lowest BCUT2D eigenvalue weighted by molar-refractivity contribution is -0.0178. The van der Waals surface area contributed by atoms with E-state index < -0.39 is 0 Å². The number of phenols is 1. The van der Waals surface area contributed by atoms with Crippen LogP contribution in [0, 0.1) is 17.3 Å². The molecule has 0 saturated heterocycles. The molecule has 6 nitrogen and oxygen atoms in total. The Morgan fingerprint density at radius 3 is 2.83 bits per heavy atom. The Labute approximate surface area is 176 Å². The number of aromatic nitrogens is 1. The van der Waals surface area contributed by atoms with Gasteiger partial charge in [0.25, 0.3) is 0 Å². The van der Waals surface area contributed by atoms with Crippen LogP contribution in [0.5, 0.6) is 17.4 Å². The maximum Gasteiger partial charge on any atom is 0.248 e. The van der Waals surface area contributed by atoms with Gasteiger partial charge in [0.05, 0.1) is 18.9 Å². The van der Waals surface area contributed by atoms with Crippen molar-refractivity contribution in [1.82, 2.24) is 4.98 Å². The van der Waals surface area contributed by atoms with E-state index in [1.165, 1.54) is 0 Å². The zero-order valence-corrected chi connectivity index (χ0v) is 17.4. The van der Waals surface area contributed by atoms with Crippen molar-refractivity contribution >= 4 is 5.71 Å². The monoisotopic (exact) mass is 408 g/mol. The third-order valence-corrected chi connectivity index (χ3v) is 7.76. The lowest BCUT2D eigenvalue weighted by Crippen LogP contribution is -2.45. The van der Waals surface area contributed by atoms with Crippen LogP contribution in [-0.2, 0) is 0 Å². The minimum absolute atomic E-state index is 0.0351. The Morgan fingerprint density at radius 2 is 2.07 bits per heavy atom. The number of ether oxygens (including phenoxy) is 1. The first-order chi connectivity index (χ1) is 14.5. The molecule has 3 aliphatic carbocycles. The van der Waals surface area contributed by atoms with E-state index in [4.69, 9.17) is 9.57 Å². The van der Waals surface area contributed by atoms with Crippen molar-refractivity contribution < 1.29 is 19.8 Å². The van der Waals surface area contributed by atoms with E-state index in [9.17, 15) is 10.2 Å². The second-order valence-electron chi connectivity index (χ2n) is 9.13. The molecule has 6 heteroatoms. The summed E-state index contributed by atoms with van der Waals surface area (Å²) in [4.78, 5) is 9.84. The summed E-state index contributed by atoms with van der Waals surface area (Å²) in [6.45, 7) is 2.25. The average molecular weight is 408 g/mol. The van der Waals surface area contributed by atoms with Crippen LogP contribution >= 0.6 is 0 Å². The lowest BCUT2D eigenvalue weighted by Gasteiger charge is -2.50. The number of hydrogen-bond donors (Lipinski definition) is 2. The topological polar surface area (TPSA) is 84.2 Å². The summed E-state index contributed by atoms with van der Waals surface area (Å²) in [6.07, 6.45) is 6.14. The van der Waals surface area contributed by atoms with Crippen LogP contribution in [0.1, 0.15) is 56.1 Å². The van der Waals surface area contributed by atoms with Gasteiger partial charge in [0.2, 0.25) is 5.88 Å². The van der Waals surface area contributed by atoms with Crippen molar-refractivity contribution in [2.75, 3.05) is 7.11 Å². The third-order valence-electron chi connectivity index (χ3n) is 7.76. The molecule has 2 fully saturated rings. The number of fused-ring (bicyclic) bond motifs is 5. The van der Waals surface area contributed by atoms with Gasteiger partial charge < -0.3 is 19.8 Å². The zero-order valence-electron chi connectivity index (χ0n) is 17.4. The predicted molar refractivity (Wildman–Crippen MR) is 113 cm³/mol. The molecule has 5 atom stereocenters. The molecule has 1 aromatic carbocycles. The number of hydrogen-bond acceptors (Lipinski definition) is 6. The third kappa shape index (κ3) is 2.97. The summed E-state index contributed by atoms with van der Waals surface area (Å²) in [7, 11) is 1.58. The van der Waals surface area contributed by atoms with Gasteiger partial charge in [-0.1, -0.05) is 18.1 Å². The molecule has 2 aromatic rings. The number of aliphatic hydroxyl groups is 1. The highest BCUT2D eigenvalue weighted by Gasteiger charge is 2.55. The zero-order chi connectivity index (χ0) is 20.9. The molecule has 3 aliphatic rings. The first kappa shape index (κ1) is 19.4. The summed E-state index contributed by atoms with van der Waals surface area (Å²) in [5.74, 6) is 2.23. The second kappa shape index (κ2) is 7.27. The highest BCUT2D eigenvalue weighted by Crippen LogP contribution is 2.61. The molecule has 2 saturated carbocycles. The van der Waals surface area contributed by atoms with Gasteiger partial charge in [0, 0.05) is 17.8 Å². The largest absolute Gasteiger partial charge is 0.504 e. The van der Waals surface area contributed by atoms with Crippen molar-refractivity contribution in [1.29, 1.82) is 0 Å². The Morgan fingerprint density at radius 1 is 1.20 bits per heavy atom. The molecule has 0 unspecified atom stereocenters. The highest BCUT2D eigenvalue weighted by atomic mass is 16.6. The summed E-state index contributed by atoms with van der Waals surface area (Å²) >= 11 is 0. The van der Waals surface area contributed by atoms with Gasteiger partial charge in [-0.25, -0.2) is 4.98 Å². The molecular weight excluding hydrogens is 380 g/mol. The standard InChI is InChI=1S/C24H28N2O4/c1-24-9-8-14-15-13-21(29-2)20(27)12-17(15)19(26-30-23-5-3-4-10-25-23)11-16(14)18(24)6-7-22(24)28/h3-5,10,12-14,16,18,22,27-28H,6-9,11H2,1-2H3/t14-,16-,18+,22+,24+/m1/s1. The maximum absolute atomic E-state index is 10.7. The van der Waals surface area contributed by atoms with E-state index in [-0.39, 0.29) is 17.3 Å². The fraction of sp³-hybridized carbons (Fsp3) is 0.500. The molecule has 0 radical (unpaired) electrons. The van der Waals surface area contributed by atoms with Gasteiger partial charge in [-0.2, -0.15) is 0 Å². The van der Waals surface area contributed by atoms with Crippen LogP contribution in [0.15, 0.2) is 41.7 Å². The first-order valence-electron chi connectivity index (χ1n) is 10.8. The number of aromatic hydroxyl groups is 1. The van der Waals surface area contributed by atoms with Gasteiger partial charge in [-0.15, -0.1) is 0 Å². The number of nitrogens with zero attached hydrogens (tertiary/aromatic N) is 2. The fourth-order valence-electron chi connectivity index (χ4n) is 6.16. The fourth-order valence-corrected chi connectivity index (χ4v) is 6.16. The Hall–Kier alpha value is -2.60. The van der Waals surface area contributed by atoms with Crippen LogP contribution in [0.4, 0.5) is 0 Å². The van der Waals surface area contributed by atoms with E-state index in [1.807, 2.05) is 18.2 Å². The van der Waals surface area contributed by atoms with Crippen molar-refractivity contribution in [3.63, 3.8) is 0 Å². The number of benzene rings is 1. The number of methoxy groups -OCH3 is 1. The Balaban J connectivity index is 1.58. The van der Waals surface area contributed by atoms with Gasteiger partial charge >= 0.3 is 0 Å². The van der Waals surface area contributed by atoms with Crippen molar-refractivity contribution in [3.8, 4) is 17.4 Å². The average Bonchev–Trinajstić information content (AvgIpc) is 3.07. The van der Waals surface area contributed by atoms with Gasteiger partial charge in [-0.3, -0.25) is 0 Å². The molecule has 0 aliphatic heterocycles. The normalized spacial score (nSPS) is 33.5. The van der Waals surface area contributed by atoms with E-state index in [0.717, 1.165) is 48.9 Å². The van der Waals surface area contributed by atoms with Crippen LogP contribution in [-0.4, -0.2) is 34.1 Å². The second-order valence-corrected chi connectivity index (χ2v) is 9.13. The number of pyridine rings is 1. The highest BCUT2D eigenvalue weighted by molar-refractivity contribution is 6.03. The summed E-state index contributed by atoms with van der Waals surface area (Å²) in [6, 6.07) is 9.18. The number of oxime groups is 1. The lowest BCUT2D eigenvalue weighted by atomic mass is 9.55. The van der Waals surface area contributed by atoms with E-state index in [2.05, 4.69) is 17.1 Å². The van der Waals surface area contributed by atoms with E-state index >= 15 is 0 Å². The molecule has 0 bridgehead atoms. The van der Waals surface area contributed by atoms with Crippen molar-refractivity contribution in [2.45, 2.75) is 51.0 Å². The summed E-state index contributed by atoms with van der Waals surface area (Å²) < 4.78 is 5.41. The van der Waals surface area contributed by atoms with Crippen LogP contribution in [0.25, 0.3) is 0 Å². The van der Waals surface area contributed by atoms with Crippen LogP contribution < -0.4 is 9.57 Å². The Bertz CT molecular complexity index is 977. The SMILES string of the molecule is COc1cc2c(cc1O)C(=NOc1ccccn1)C[C@@H]1[C@@H]2CC[C@]2(C)[C@@H](O)CC[C@@H]12. The molecule has 30 heavy (non-hydrogen) atoms. The quantitative estimate of drug-likeness (QED) is 0.742. The molecule has 2 N–H and O–H groups in total. The van der Waals surface area contributed by atoms with Gasteiger partial charge in [0.15, 0.2) is 11.5 Å². The minimum Gasteiger partial charge on any atom is -0.504 e.